The molecule has 182 valence electrons. The maximum Gasteiger partial charge on any atom is 0.0147 e. The van der Waals surface area contributed by atoms with Gasteiger partial charge in [0, 0.05) is 11.9 Å². The number of aromatic nitrogens is 1. The fraction of sp³-hybridized carbons (Fsp3) is 0.867. The zero-order valence-electron chi connectivity index (χ0n) is 21.4. The van der Waals surface area contributed by atoms with Crippen molar-refractivity contribution in [2.24, 2.45) is 0 Å². The lowest BCUT2D eigenvalue weighted by molar-refractivity contribution is 0.517. The third kappa shape index (κ3) is 20.9. The molecule has 1 nitrogen and oxygen atoms in total. The highest BCUT2D eigenvalue weighted by molar-refractivity contribution is 5.03. The summed E-state index contributed by atoms with van der Waals surface area (Å²) < 4.78 is 0. The second-order valence-corrected chi connectivity index (χ2v) is 10.1. The number of rotatable bonds is 25. The standard InChI is InChI=1S/C30H57N/c1-2-3-4-5-6-7-8-9-10-11-12-13-14-15-16-17-18-19-20-21-22-23-24-25-27-30-28-26-29-31-30/h26,28-29,31H,2-25,27H2,1H3. The number of aromatic amines is 1. The van der Waals surface area contributed by atoms with Gasteiger partial charge in [-0.2, -0.15) is 0 Å². The molecule has 0 saturated heterocycles. The lowest BCUT2D eigenvalue weighted by atomic mass is 10.0. The van der Waals surface area contributed by atoms with Crippen molar-refractivity contribution >= 4 is 0 Å². The van der Waals surface area contributed by atoms with Gasteiger partial charge in [-0.25, -0.2) is 0 Å². The van der Waals surface area contributed by atoms with E-state index < -0.39 is 0 Å². The highest BCUT2D eigenvalue weighted by Gasteiger charge is 1.97. The van der Waals surface area contributed by atoms with E-state index in [1.54, 1.807) is 0 Å². The van der Waals surface area contributed by atoms with Gasteiger partial charge in [0.1, 0.15) is 0 Å². The monoisotopic (exact) mass is 431 g/mol. The minimum atomic E-state index is 1.23. The topological polar surface area (TPSA) is 15.8 Å². The number of nitrogens with one attached hydrogen (secondary N) is 1. The first-order valence-electron chi connectivity index (χ1n) is 14.6. The summed E-state index contributed by atoms with van der Waals surface area (Å²) in [6.07, 6.45) is 38.3. The van der Waals surface area contributed by atoms with Crippen LogP contribution in [0.15, 0.2) is 18.3 Å². The molecule has 0 aliphatic heterocycles. The van der Waals surface area contributed by atoms with Gasteiger partial charge >= 0.3 is 0 Å². The van der Waals surface area contributed by atoms with Crippen LogP contribution in [0.5, 0.6) is 0 Å². The van der Waals surface area contributed by atoms with Crippen molar-refractivity contribution < 1.29 is 0 Å². The van der Waals surface area contributed by atoms with Crippen LogP contribution in [-0.4, -0.2) is 4.98 Å². The van der Waals surface area contributed by atoms with Gasteiger partial charge in [-0.05, 0) is 25.0 Å². The Kier molecular flexibility index (Phi) is 21.9. The molecule has 0 radical (unpaired) electrons. The minimum absolute atomic E-state index is 1.23. The van der Waals surface area contributed by atoms with Gasteiger partial charge in [-0.1, -0.05) is 155 Å². The maximum absolute atomic E-state index is 3.30. The van der Waals surface area contributed by atoms with Crippen molar-refractivity contribution in [3.05, 3.63) is 24.0 Å². The van der Waals surface area contributed by atoms with Gasteiger partial charge in [-0.15, -0.1) is 0 Å². The predicted octanol–water partition coefficient (Wildman–Crippen LogP) is 10.9. The average molecular weight is 432 g/mol. The van der Waals surface area contributed by atoms with Gasteiger partial charge in [-0.3, -0.25) is 0 Å². The molecule has 0 aromatic carbocycles. The molecule has 1 aromatic rings. The molecule has 0 spiro atoms. The predicted molar refractivity (Wildman–Crippen MR) is 141 cm³/mol. The van der Waals surface area contributed by atoms with Gasteiger partial charge in [0.05, 0.1) is 0 Å². The van der Waals surface area contributed by atoms with Crippen LogP contribution in [0.3, 0.4) is 0 Å². The van der Waals surface area contributed by atoms with Gasteiger partial charge in [0.25, 0.3) is 0 Å². The molecule has 1 heteroatoms. The molecule has 0 aliphatic carbocycles. The summed E-state index contributed by atoms with van der Waals surface area (Å²) >= 11 is 0. The maximum atomic E-state index is 3.30. The molecule has 0 saturated carbocycles. The third-order valence-corrected chi connectivity index (χ3v) is 6.96. The molecule has 1 rings (SSSR count). The van der Waals surface area contributed by atoms with Crippen molar-refractivity contribution in [2.45, 2.75) is 167 Å². The molecule has 0 atom stereocenters. The fourth-order valence-electron chi connectivity index (χ4n) is 4.80. The van der Waals surface area contributed by atoms with Gasteiger partial charge in [0.2, 0.25) is 0 Å². The van der Waals surface area contributed by atoms with Crippen LogP contribution in [0.25, 0.3) is 0 Å². The number of hydrogen-bond donors (Lipinski definition) is 1. The van der Waals surface area contributed by atoms with Gasteiger partial charge < -0.3 is 4.98 Å². The number of aryl methyl sites for hydroxylation is 1. The highest BCUT2D eigenvalue weighted by Crippen LogP contribution is 2.15. The van der Waals surface area contributed by atoms with E-state index in [1.165, 1.54) is 166 Å². The third-order valence-electron chi connectivity index (χ3n) is 6.96. The first kappa shape index (κ1) is 28.3. The van der Waals surface area contributed by atoms with E-state index in [2.05, 4.69) is 24.0 Å². The van der Waals surface area contributed by atoms with Crippen molar-refractivity contribution in [3.63, 3.8) is 0 Å². The Balaban J connectivity index is 1.62. The fourth-order valence-corrected chi connectivity index (χ4v) is 4.80. The van der Waals surface area contributed by atoms with Gasteiger partial charge in [0.15, 0.2) is 0 Å². The number of H-pyrrole nitrogens is 1. The van der Waals surface area contributed by atoms with E-state index in [0.29, 0.717) is 0 Å². The molecule has 31 heavy (non-hydrogen) atoms. The second kappa shape index (κ2) is 23.9. The van der Waals surface area contributed by atoms with Crippen LogP contribution in [-0.2, 0) is 6.42 Å². The Morgan fingerprint density at radius 3 is 1.06 bits per heavy atom. The molecule has 0 bridgehead atoms. The van der Waals surface area contributed by atoms with Crippen LogP contribution >= 0.6 is 0 Å². The van der Waals surface area contributed by atoms with Crippen LogP contribution < -0.4 is 0 Å². The van der Waals surface area contributed by atoms with Crippen molar-refractivity contribution in [1.82, 2.24) is 4.98 Å². The first-order chi connectivity index (χ1) is 15.4. The highest BCUT2D eigenvalue weighted by atomic mass is 14.7. The average Bonchev–Trinajstić information content (AvgIpc) is 3.30. The van der Waals surface area contributed by atoms with E-state index in [4.69, 9.17) is 0 Å². The van der Waals surface area contributed by atoms with E-state index in [1.807, 2.05) is 6.20 Å². The molecular formula is C30H57N. The Labute approximate surface area is 196 Å². The van der Waals surface area contributed by atoms with Crippen LogP contribution in [0, 0.1) is 0 Å². The van der Waals surface area contributed by atoms with E-state index in [-0.39, 0.29) is 0 Å². The van der Waals surface area contributed by atoms with E-state index >= 15 is 0 Å². The van der Waals surface area contributed by atoms with Crippen molar-refractivity contribution in [3.8, 4) is 0 Å². The Bertz CT molecular complexity index is 422. The Hall–Kier alpha value is -0.720. The normalized spacial score (nSPS) is 11.4. The lowest BCUT2D eigenvalue weighted by Crippen LogP contribution is -1.86. The summed E-state index contributed by atoms with van der Waals surface area (Å²) in [5.41, 5.74) is 1.40. The summed E-state index contributed by atoms with van der Waals surface area (Å²) in [5.74, 6) is 0. The zero-order valence-corrected chi connectivity index (χ0v) is 21.4. The second-order valence-electron chi connectivity index (χ2n) is 10.1. The Morgan fingerprint density at radius 2 is 0.774 bits per heavy atom. The van der Waals surface area contributed by atoms with Crippen LogP contribution in [0.2, 0.25) is 0 Å². The SMILES string of the molecule is CCCCCCCCCCCCCCCCCCCCCCCCCCc1ccc[nH]1. The summed E-state index contributed by atoms with van der Waals surface area (Å²) in [4.78, 5) is 3.30. The Morgan fingerprint density at radius 1 is 0.452 bits per heavy atom. The molecule has 0 amide bonds. The molecule has 1 N–H and O–H groups in total. The molecule has 0 aliphatic rings. The molecule has 0 fully saturated rings. The van der Waals surface area contributed by atoms with Crippen molar-refractivity contribution in [2.75, 3.05) is 0 Å². The molecule has 0 unspecified atom stereocenters. The summed E-state index contributed by atoms with van der Waals surface area (Å²) in [6, 6.07) is 4.31. The van der Waals surface area contributed by atoms with Crippen molar-refractivity contribution in [1.29, 1.82) is 0 Å². The van der Waals surface area contributed by atoms with Crippen LogP contribution in [0.4, 0.5) is 0 Å². The largest absolute Gasteiger partial charge is 0.365 e. The first-order valence-corrected chi connectivity index (χ1v) is 14.6. The number of hydrogen-bond acceptors (Lipinski definition) is 0. The zero-order chi connectivity index (χ0) is 22.1. The molecule has 1 heterocycles. The lowest BCUT2D eigenvalue weighted by Gasteiger charge is -2.04. The smallest absolute Gasteiger partial charge is 0.0147 e. The molecular weight excluding hydrogens is 374 g/mol. The summed E-state index contributed by atoms with van der Waals surface area (Å²) in [7, 11) is 0. The molecule has 1 aromatic heterocycles. The summed E-state index contributed by atoms with van der Waals surface area (Å²) in [5, 5.41) is 0. The number of unbranched alkanes of at least 4 members (excludes halogenated alkanes) is 23. The minimum Gasteiger partial charge on any atom is -0.365 e. The summed E-state index contributed by atoms with van der Waals surface area (Å²) in [6.45, 7) is 2.30. The quantitative estimate of drug-likeness (QED) is 0.148. The van der Waals surface area contributed by atoms with E-state index in [9.17, 15) is 0 Å². The van der Waals surface area contributed by atoms with Crippen LogP contribution in [0.1, 0.15) is 167 Å². The van der Waals surface area contributed by atoms with E-state index in [0.717, 1.165) is 0 Å².